The Morgan fingerprint density at radius 2 is 0.673 bits per heavy atom. The van der Waals surface area contributed by atoms with E-state index >= 15 is 0 Å². The number of aromatic nitrogens is 2. The van der Waals surface area contributed by atoms with Crippen molar-refractivity contribution in [2.45, 2.75) is 5.41 Å². The summed E-state index contributed by atoms with van der Waals surface area (Å²) in [5, 5.41) is 0. The van der Waals surface area contributed by atoms with Gasteiger partial charge in [-0.25, -0.2) is 9.97 Å². The van der Waals surface area contributed by atoms with Gasteiger partial charge in [-0.3, -0.25) is 0 Å². The van der Waals surface area contributed by atoms with E-state index in [4.69, 9.17) is 9.97 Å². The van der Waals surface area contributed by atoms with E-state index in [0.717, 1.165) is 28.1 Å². The van der Waals surface area contributed by atoms with Gasteiger partial charge in [-0.05, 0) is 67.8 Å². The molecular formula is C47H30N2. The van der Waals surface area contributed by atoms with Crippen molar-refractivity contribution in [3.05, 3.63) is 204 Å². The lowest BCUT2D eigenvalue weighted by atomic mass is 9.65. The van der Waals surface area contributed by atoms with E-state index in [1.165, 1.54) is 55.6 Å². The third-order valence-corrected chi connectivity index (χ3v) is 10.3. The van der Waals surface area contributed by atoms with Crippen molar-refractivity contribution in [2.24, 2.45) is 0 Å². The topological polar surface area (TPSA) is 25.8 Å². The fourth-order valence-electron chi connectivity index (χ4n) is 8.28. The fourth-order valence-corrected chi connectivity index (χ4v) is 8.28. The van der Waals surface area contributed by atoms with E-state index in [0.29, 0.717) is 5.82 Å². The monoisotopic (exact) mass is 622 g/mol. The van der Waals surface area contributed by atoms with Gasteiger partial charge in [0.05, 0.1) is 16.8 Å². The Morgan fingerprint density at radius 1 is 0.286 bits per heavy atom. The molecule has 0 fully saturated rings. The molecule has 228 valence electrons. The smallest absolute Gasteiger partial charge is 0.160 e. The lowest BCUT2D eigenvalue weighted by Crippen LogP contribution is -2.29. The number of rotatable bonds is 3. The fraction of sp³-hybridized carbons (Fsp3) is 0.0213. The first-order chi connectivity index (χ1) is 24.3. The summed E-state index contributed by atoms with van der Waals surface area (Å²) >= 11 is 0. The summed E-state index contributed by atoms with van der Waals surface area (Å²) in [4.78, 5) is 10.5. The molecule has 0 unspecified atom stereocenters. The Hall–Kier alpha value is -6.38. The Bertz CT molecular complexity index is 2450. The van der Waals surface area contributed by atoms with Crippen LogP contribution in [0.2, 0.25) is 0 Å². The molecule has 2 aliphatic rings. The summed E-state index contributed by atoms with van der Waals surface area (Å²) in [6.45, 7) is 0. The first-order valence-corrected chi connectivity index (χ1v) is 16.8. The Kier molecular flexibility index (Phi) is 6.13. The number of nitrogens with zero attached hydrogens (tertiary/aromatic N) is 2. The zero-order chi connectivity index (χ0) is 32.4. The quantitative estimate of drug-likeness (QED) is 0.196. The van der Waals surface area contributed by atoms with Gasteiger partial charge >= 0.3 is 0 Å². The van der Waals surface area contributed by atoms with Crippen molar-refractivity contribution >= 4 is 0 Å². The third kappa shape index (κ3) is 4.07. The van der Waals surface area contributed by atoms with Crippen LogP contribution in [0.25, 0.3) is 67.3 Å². The van der Waals surface area contributed by atoms with Crippen LogP contribution in [0.3, 0.4) is 0 Å². The van der Waals surface area contributed by atoms with Crippen LogP contribution in [-0.4, -0.2) is 9.97 Å². The SMILES string of the molecule is c1ccc(-c2cc(-c3ccccc3)nc(-c3ccc4c(c3)C3(c5ccccc5-c5ccccc5-4)c4ccccc4-c4ccccc43)n2)cc1. The van der Waals surface area contributed by atoms with Crippen LogP contribution in [0.1, 0.15) is 22.3 Å². The molecule has 0 bridgehead atoms. The lowest BCUT2D eigenvalue weighted by molar-refractivity contribution is 0.775. The van der Waals surface area contributed by atoms with E-state index in [9.17, 15) is 0 Å². The number of hydrogen-bond donors (Lipinski definition) is 0. The van der Waals surface area contributed by atoms with Crippen LogP contribution in [0.5, 0.6) is 0 Å². The van der Waals surface area contributed by atoms with Crippen LogP contribution >= 0.6 is 0 Å². The van der Waals surface area contributed by atoms with Crippen molar-refractivity contribution in [1.82, 2.24) is 9.97 Å². The second-order valence-electron chi connectivity index (χ2n) is 12.9. The Balaban J connectivity index is 1.32. The minimum Gasteiger partial charge on any atom is -0.228 e. The van der Waals surface area contributed by atoms with E-state index in [1.807, 2.05) is 12.1 Å². The molecule has 0 amide bonds. The van der Waals surface area contributed by atoms with Gasteiger partial charge in [0.1, 0.15) is 0 Å². The van der Waals surface area contributed by atoms with Crippen molar-refractivity contribution < 1.29 is 0 Å². The van der Waals surface area contributed by atoms with Crippen molar-refractivity contribution in [2.75, 3.05) is 0 Å². The summed E-state index contributed by atoms with van der Waals surface area (Å²) in [7, 11) is 0. The van der Waals surface area contributed by atoms with Crippen molar-refractivity contribution in [1.29, 1.82) is 0 Å². The molecule has 0 N–H and O–H groups in total. The van der Waals surface area contributed by atoms with Gasteiger partial charge in [-0.15, -0.1) is 0 Å². The molecule has 1 aromatic heterocycles. The van der Waals surface area contributed by atoms with Crippen LogP contribution in [0.15, 0.2) is 182 Å². The molecule has 0 aliphatic heterocycles. The maximum Gasteiger partial charge on any atom is 0.160 e. The molecular weight excluding hydrogens is 593 g/mol. The third-order valence-electron chi connectivity index (χ3n) is 10.3. The summed E-state index contributed by atoms with van der Waals surface area (Å²) in [6, 6.07) is 65.6. The Morgan fingerprint density at radius 3 is 1.16 bits per heavy atom. The highest BCUT2D eigenvalue weighted by Crippen LogP contribution is 2.61. The summed E-state index contributed by atoms with van der Waals surface area (Å²) in [5.74, 6) is 0.712. The lowest BCUT2D eigenvalue weighted by Gasteiger charge is -2.35. The number of benzene rings is 7. The first kappa shape index (κ1) is 27.7. The Labute approximate surface area is 286 Å². The molecule has 0 saturated carbocycles. The summed E-state index contributed by atoms with van der Waals surface area (Å²) < 4.78 is 0. The minimum atomic E-state index is -0.548. The van der Waals surface area contributed by atoms with Gasteiger partial charge in [0.25, 0.3) is 0 Å². The largest absolute Gasteiger partial charge is 0.228 e. The molecule has 1 spiro atoms. The zero-order valence-corrected chi connectivity index (χ0v) is 26.7. The van der Waals surface area contributed by atoms with Gasteiger partial charge in [-0.1, -0.05) is 170 Å². The van der Waals surface area contributed by atoms with Gasteiger partial charge in [-0.2, -0.15) is 0 Å². The molecule has 0 saturated heterocycles. The average molecular weight is 623 g/mol. The van der Waals surface area contributed by atoms with Crippen molar-refractivity contribution in [3.63, 3.8) is 0 Å². The van der Waals surface area contributed by atoms with E-state index in [-0.39, 0.29) is 0 Å². The first-order valence-electron chi connectivity index (χ1n) is 16.8. The predicted octanol–water partition coefficient (Wildman–Crippen LogP) is 11.5. The van der Waals surface area contributed by atoms with Gasteiger partial charge in [0, 0.05) is 16.7 Å². The van der Waals surface area contributed by atoms with Crippen LogP contribution in [0.4, 0.5) is 0 Å². The minimum absolute atomic E-state index is 0.548. The maximum atomic E-state index is 5.25. The molecule has 1 heterocycles. The van der Waals surface area contributed by atoms with Crippen molar-refractivity contribution in [3.8, 4) is 67.3 Å². The maximum absolute atomic E-state index is 5.25. The van der Waals surface area contributed by atoms with E-state index in [2.05, 4.69) is 170 Å². The number of fused-ring (bicyclic) bond motifs is 12. The van der Waals surface area contributed by atoms with Gasteiger partial charge in [0.15, 0.2) is 5.82 Å². The van der Waals surface area contributed by atoms with Crippen LogP contribution in [0, 0.1) is 0 Å². The number of hydrogen-bond acceptors (Lipinski definition) is 2. The molecule has 7 aromatic carbocycles. The molecule has 49 heavy (non-hydrogen) atoms. The molecule has 2 heteroatoms. The summed E-state index contributed by atoms with van der Waals surface area (Å²) in [6.07, 6.45) is 0. The standard InChI is InChI=1S/C47H30N2/c1-3-15-31(16-4-1)44-30-45(32-17-5-2-6-18-32)49-46(48-44)33-27-28-39-35-20-8-7-19-34(35)36-21-9-12-24-40(36)47(43(39)29-33)41-25-13-10-22-37(41)38-23-11-14-26-42(38)47/h1-30H. The second kappa shape index (κ2) is 10.8. The molecule has 0 atom stereocenters. The molecule has 8 aromatic rings. The average Bonchev–Trinajstić information content (AvgIpc) is 3.43. The van der Waals surface area contributed by atoms with Crippen LogP contribution < -0.4 is 0 Å². The van der Waals surface area contributed by atoms with E-state index in [1.54, 1.807) is 0 Å². The molecule has 2 aliphatic carbocycles. The second-order valence-corrected chi connectivity index (χ2v) is 12.9. The van der Waals surface area contributed by atoms with Gasteiger partial charge < -0.3 is 0 Å². The molecule has 2 nitrogen and oxygen atoms in total. The highest BCUT2D eigenvalue weighted by atomic mass is 14.9. The highest BCUT2D eigenvalue weighted by molar-refractivity contribution is 5.97. The van der Waals surface area contributed by atoms with Gasteiger partial charge in [0.2, 0.25) is 0 Å². The van der Waals surface area contributed by atoms with E-state index < -0.39 is 5.41 Å². The van der Waals surface area contributed by atoms with Crippen LogP contribution in [-0.2, 0) is 5.41 Å². The summed E-state index contributed by atoms with van der Waals surface area (Å²) in [5.41, 5.74) is 17.1. The normalized spacial score (nSPS) is 13.1. The molecule has 0 radical (unpaired) electrons. The predicted molar refractivity (Wildman–Crippen MR) is 200 cm³/mol. The zero-order valence-electron chi connectivity index (χ0n) is 26.7. The highest BCUT2D eigenvalue weighted by Gasteiger charge is 2.49. The molecule has 10 rings (SSSR count).